The van der Waals surface area contributed by atoms with Gasteiger partial charge in [-0.05, 0) is 38.8 Å². The van der Waals surface area contributed by atoms with Gasteiger partial charge in [0.15, 0.2) is 0 Å². The zero-order valence-electron chi connectivity index (χ0n) is 13.7. The molecule has 0 atom stereocenters. The molecule has 132 valence electrons. The highest BCUT2D eigenvalue weighted by Gasteiger charge is 2.42. The monoisotopic (exact) mass is 357 g/mol. The molecule has 24 heavy (non-hydrogen) atoms. The van der Waals surface area contributed by atoms with Crippen molar-refractivity contribution in [2.75, 3.05) is 19.8 Å². The minimum absolute atomic E-state index is 0.0107. The molecule has 1 aromatic rings. The van der Waals surface area contributed by atoms with Crippen LogP contribution >= 0.6 is 11.6 Å². The van der Waals surface area contributed by atoms with Crippen LogP contribution in [0.3, 0.4) is 0 Å². The van der Waals surface area contributed by atoms with Gasteiger partial charge in [0.25, 0.3) is 0 Å². The summed E-state index contributed by atoms with van der Waals surface area (Å²) in [5.41, 5.74) is -1.98. The first-order valence-electron chi connectivity index (χ1n) is 7.74. The van der Waals surface area contributed by atoms with Gasteiger partial charge in [-0.15, -0.1) is 0 Å². The summed E-state index contributed by atoms with van der Waals surface area (Å²) in [7, 11) is 0. The van der Waals surface area contributed by atoms with Crippen LogP contribution in [0.5, 0.6) is 0 Å². The first-order valence-corrected chi connectivity index (χ1v) is 8.12. The third-order valence-corrected chi connectivity index (χ3v) is 4.90. The SMILES string of the molecule is CC(C)(C(=O)NCC1(C(=O)O)CCOCC1)c1ccc(Cl)cc1F. The highest BCUT2D eigenvalue weighted by Crippen LogP contribution is 2.32. The molecule has 5 nitrogen and oxygen atoms in total. The van der Waals surface area contributed by atoms with Crippen LogP contribution in [0.2, 0.25) is 5.02 Å². The molecule has 0 aliphatic carbocycles. The lowest BCUT2D eigenvalue weighted by atomic mass is 9.79. The van der Waals surface area contributed by atoms with E-state index in [2.05, 4.69) is 5.32 Å². The summed E-state index contributed by atoms with van der Waals surface area (Å²) < 4.78 is 19.3. The number of carboxylic acid groups (broad SMARTS) is 1. The van der Waals surface area contributed by atoms with E-state index in [1.54, 1.807) is 13.8 Å². The molecule has 1 fully saturated rings. The molecular formula is C17H21ClFNO4. The Morgan fingerprint density at radius 3 is 2.54 bits per heavy atom. The lowest BCUT2D eigenvalue weighted by Gasteiger charge is -2.34. The normalized spacial score (nSPS) is 17.3. The van der Waals surface area contributed by atoms with Crippen molar-refractivity contribution in [2.45, 2.75) is 32.1 Å². The Balaban J connectivity index is 2.14. The summed E-state index contributed by atoms with van der Waals surface area (Å²) in [6, 6.07) is 4.15. The quantitative estimate of drug-likeness (QED) is 0.849. The van der Waals surface area contributed by atoms with Crippen molar-refractivity contribution in [2.24, 2.45) is 5.41 Å². The first kappa shape index (κ1) is 18.7. The fraction of sp³-hybridized carbons (Fsp3) is 0.529. The average molecular weight is 358 g/mol. The second-order valence-corrected chi connectivity index (χ2v) is 7.07. The molecule has 2 rings (SSSR count). The Bertz CT molecular complexity index is 641. The molecule has 0 saturated carbocycles. The third kappa shape index (κ3) is 3.70. The maximum Gasteiger partial charge on any atom is 0.311 e. The molecule has 0 aromatic heterocycles. The summed E-state index contributed by atoms with van der Waals surface area (Å²) in [6.45, 7) is 3.86. The van der Waals surface area contributed by atoms with Gasteiger partial charge in [-0.1, -0.05) is 17.7 Å². The van der Waals surface area contributed by atoms with Gasteiger partial charge in [-0.3, -0.25) is 9.59 Å². The lowest BCUT2D eigenvalue weighted by Crippen LogP contribution is -2.50. The number of benzene rings is 1. The largest absolute Gasteiger partial charge is 0.481 e. The standard InChI is InChI=1S/C17H21ClFNO4/c1-16(2,12-4-3-11(18)9-13(12)19)14(21)20-10-17(15(22)23)5-7-24-8-6-17/h3-4,9H,5-8,10H2,1-2H3,(H,20,21)(H,22,23). The second kappa shape index (κ2) is 7.07. The molecule has 7 heteroatoms. The van der Waals surface area contributed by atoms with Crippen LogP contribution in [0.15, 0.2) is 18.2 Å². The van der Waals surface area contributed by atoms with Crippen molar-refractivity contribution in [1.82, 2.24) is 5.32 Å². The van der Waals surface area contributed by atoms with Gasteiger partial charge in [-0.25, -0.2) is 4.39 Å². The van der Waals surface area contributed by atoms with Crippen molar-refractivity contribution in [1.29, 1.82) is 0 Å². The zero-order chi connectivity index (χ0) is 18.0. The van der Waals surface area contributed by atoms with Gasteiger partial charge >= 0.3 is 5.97 Å². The number of aliphatic carboxylic acids is 1. The summed E-state index contributed by atoms with van der Waals surface area (Å²) in [5.74, 6) is -1.96. The van der Waals surface area contributed by atoms with Crippen molar-refractivity contribution in [3.63, 3.8) is 0 Å². The molecular weight excluding hydrogens is 337 g/mol. The number of halogens is 2. The van der Waals surface area contributed by atoms with Crippen LogP contribution in [0.4, 0.5) is 4.39 Å². The Morgan fingerprint density at radius 2 is 2.00 bits per heavy atom. The van der Waals surface area contributed by atoms with E-state index in [0.29, 0.717) is 26.1 Å². The highest BCUT2D eigenvalue weighted by molar-refractivity contribution is 6.30. The Labute approximate surface area is 145 Å². The van der Waals surface area contributed by atoms with Gasteiger partial charge in [0.2, 0.25) is 5.91 Å². The highest BCUT2D eigenvalue weighted by atomic mass is 35.5. The topological polar surface area (TPSA) is 75.6 Å². The predicted octanol–water partition coefficient (Wildman–Crippen LogP) is 2.75. The predicted molar refractivity (Wildman–Crippen MR) is 87.6 cm³/mol. The van der Waals surface area contributed by atoms with Gasteiger partial charge in [0, 0.05) is 30.3 Å². The average Bonchev–Trinajstić information content (AvgIpc) is 2.52. The summed E-state index contributed by atoms with van der Waals surface area (Å²) in [6.07, 6.45) is 0.663. The van der Waals surface area contributed by atoms with Gasteiger partial charge < -0.3 is 15.2 Å². The van der Waals surface area contributed by atoms with Crippen LogP contribution in [-0.4, -0.2) is 36.7 Å². The number of amides is 1. The minimum Gasteiger partial charge on any atom is -0.481 e. The van der Waals surface area contributed by atoms with E-state index in [1.165, 1.54) is 12.1 Å². The molecule has 0 bridgehead atoms. The van der Waals surface area contributed by atoms with Crippen LogP contribution in [0.1, 0.15) is 32.3 Å². The van der Waals surface area contributed by atoms with E-state index in [9.17, 15) is 19.1 Å². The Hall–Kier alpha value is -1.66. The number of nitrogens with one attached hydrogen (secondary N) is 1. The molecule has 0 unspecified atom stereocenters. The minimum atomic E-state index is -1.15. The first-order chi connectivity index (χ1) is 11.2. The summed E-state index contributed by atoms with van der Waals surface area (Å²) >= 11 is 5.74. The third-order valence-electron chi connectivity index (χ3n) is 4.66. The molecule has 1 aliphatic heterocycles. The van der Waals surface area contributed by atoms with E-state index in [-0.39, 0.29) is 17.1 Å². The zero-order valence-corrected chi connectivity index (χ0v) is 14.5. The van der Waals surface area contributed by atoms with Crippen molar-refractivity contribution in [3.8, 4) is 0 Å². The smallest absolute Gasteiger partial charge is 0.311 e. The van der Waals surface area contributed by atoms with Crippen molar-refractivity contribution in [3.05, 3.63) is 34.6 Å². The maximum atomic E-state index is 14.1. The molecule has 2 N–H and O–H groups in total. The maximum absolute atomic E-state index is 14.1. The van der Waals surface area contributed by atoms with Crippen LogP contribution < -0.4 is 5.32 Å². The van der Waals surface area contributed by atoms with Crippen molar-refractivity contribution < 1.29 is 23.8 Å². The van der Waals surface area contributed by atoms with E-state index in [1.807, 2.05) is 0 Å². The number of hydrogen-bond donors (Lipinski definition) is 2. The lowest BCUT2D eigenvalue weighted by molar-refractivity contribution is -0.154. The Kier molecular flexibility index (Phi) is 5.50. The molecule has 1 aliphatic rings. The molecule has 1 aromatic carbocycles. The van der Waals surface area contributed by atoms with Gasteiger partial charge in [0.1, 0.15) is 5.82 Å². The van der Waals surface area contributed by atoms with E-state index in [0.717, 1.165) is 6.07 Å². The number of ether oxygens (including phenoxy) is 1. The molecule has 1 saturated heterocycles. The number of carboxylic acids is 1. The van der Waals surface area contributed by atoms with Crippen LogP contribution in [0.25, 0.3) is 0 Å². The van der Waals surface area contributed by atoms with Gasteiger partial charge in [0.05, 0.1) is 10.8 Å². The number of carbonyl (C=O) groups excluding carboxylic acids is 1. The number of carbonyl (C=O) groups is 2. The second-order valence-electron chi connectivity index (χ2n) is 6.63. The van der Waals surface area contributed by atoms with Crippen molar-refractivity contribution >= 4 is 23.5 Å². The summed E-state index contributed by atoms with van der Waals surface area (Å²) in [5, 5.41) is 12.4. The molecule has 0 radical (unpaired) electrons. The number of rotatable bonds is 5. The number of hydrogen-bond acceptors (Lipinski definition) is 3. The summed E-state index contributed by atoms with van der Waals surface area (Å²) in [4.78, 5) is 24.2. The molecule has 1 amide bonds. The van der Waals surface area contributed by atoms with E-state index >= 15 is 0 Å². The van der Waals surface area contributed by atoms with Crippen LogP contribution in [0, 0.1) is 11.2 Å². The molecule has 1 heterocycles. The Morgan fingerprint density at radius 1 is 1.38 bits per heavy atom. The van der Waals surface area contributed by atoms with E-state index < -0.39 is 28.5 Å². The molecule has 0 spiro atoms. The fourth-order valence-corrected chi connectivity index (χ4v) is 2.98. The van der Waals surface area contributed by atoms with Crippen LogP contribution in [-0.2, 0) is 19.7 Å². The van der Waals surface area contributed by atoms with Gasteiger partial charge in [-0.2, -0.15) is 0 Å². The fourth-order valence-electron chi connectivity index (χ4n) is 2.82. The van der Waals surface area contributed by atoms with E-state index in [4.69, 9.17) is 16.3 Å².